The Bertz CT molecular complexity index is 556. The fourth-order valence-electron chi connectivity index (χ4n) is 1.84. The monoisotopic (exact) mass is 285 g/mol. The number of methoxy groups -OCH3 is 1. The quantitative estimate of drug-likeness (QED) is 0.855. The summed E-state index contributed by atoms with van der Waals surface area (Å²) in [6, 6.07) is 3.24. The maximum absolute atomic E-state index is 11.3. The van der Waals surface area contributed by atoms with Crippen LogP contribution in [0.15, 0.2) is 18.3 Å². The molecule has 2 N–H and O–H groups in total. The van der Waals surface area contributed by atoms with E-state index in [0.717, 1.165) is 0 Å². The Hall–Kier alpha value is -1.83. The number of nitrogens with one attached hydrogen (secondary N) is 2. The van der Waals surface area contributed by atoms with Gasteiger partial charge in [-0.3, -0.25) is 5.32 Å². The first kappa shape index (κ1) is 13.6. The molecule has 1 saturated heterocycles. The van der Waals surface area contributed by atoms with Crippen molar-refractivity contribution in [3.05, 3.63) is 18.3 Å². The molecule has 0 aromatic carbocycles. The molecule has 1 unspecified atom stereocenters. The minimum absolute atomic E-state index is 0.100. The second-order valence-electron chi connectivity index (χ2n) is 4.29. The molecule has 1 aromatic rings. The molecule has 2 heterocycles. The summed E-state index contributed by atoms with van der Waals surface area (Å²) < 4.78 is 27.1. The topological polar surface area (TPSA) is 97.4 Å². The fraction of sp³-hybridized carbons (Fsp3) is 0.455. The largest absolute Gasteiger partial charge is 0.453 e. The molecule has 7 nitrogen and oxygen atoms in total. The third-order valence-corrected chi connectivity index (χ3v) is 4.55. The van der Waals surface area contributed by atoms with Gasteiger partial charge in [-0.2, -0.15) is 0 Å². The zero-order chi connectivity index (χ0) is 13.9. The van der Waals surface area contributed by atoms with E-state index < -0.39 is 15.9 Å². The molecule has 0 radical (unpaired) electrons. The summed E-state index contributed by atoms with van der Waals surface area (Å²) in [6.45, 7) is 0. The molecule has 104 valence electrons. The lowest BCUT2D eigenvalue weighted by molar-refractivity contribution is 0.187. The maximum atomic E-state index is 11.3. The standard InChI is InChI=1S/C11H15N3O4S/c1-18-11(15)14-8-2-3-10(12-6-8)13-9-4-5-19(16,17)7-9/h2-3,6,9H,4-5,7H2,1H3,(H,12,13)(H,14,15). The van der Waals surface area contributed by atoms with Gasteiger partial charge in [-0.25, -0.2) is 18.2 Å². The van der Waals surface area contributed by atoms with Crippen LogP contribution in [0.4, 0.5) is 16.3 Å². The van der Waals surface area contributed by atoms with E-state index in [1.165, 1.54) is 13.3 Å². The predicted molar refractivity (Wildman–Crippen MR) is 70.9 cm³/mol. The van der Waals surface area contributed by atoms with E-state index in [9.17, 15) is 13.2 Å². The highest BCUT2D eigenvalue weighted by Gasteiger charge is 2.27. The van der Waals surface area contributed by atoms with Gasteiger partial charge in [0.2, 0.25) is 0 Å². The Morgan fingerprint density at radius 1 is 1.47 bits per heavy atom. The average Bonchev–Trinajstić information content (AvgIpc) is 2.71. The molecule has 0 saturated carbocycles. The van der Waals surface area contributed by atoms with E-state index >= 15 is 0 Å². The van der Waals surface area contributed by atoms with Gasteiger partial charge in [-0.15, -0.1) is 0 Å². The summed E-state index contributed by atoms with van der Waals surface area (Å²) >= 11 is 0. The van der Waals surface area contributed by atoms with Crippen LogP contribution in [0.25, 0.3) is 0 Å². The van der Waals surface area contributed by atoms with E-state index in [0.29, 0.717) is 17.9 Å². The van der Waals surface area contributed by atoms with Crippen molar-refractivity contribution in [1.29, 1.82) is 0 Å². The molecule has 1 fully saturated rings. The lowest BCUT2D eigenvalue weighted by Crippen LogP contribution is -2.21. The zero-order valence-corrected chi connectivity index (χ0v) is 11.2. The third kappa shape index (κ3) is 3.82. The Balaban J connectivity index is 1.94. The first-order chi connectivity index (χ1) is 8.98. The summed E-state index contributed by atoms with van der Waals surface area (Å²) in [5.74, 6) is 0.932. The molecule has 2 rings (SSSR count). The second-order valence-corrected chi connectivity index (χ2v) is 6.52. The van der Waals surface area contributed by atoms with Crippen LogP contribution >= 0.6 is 0 Å². The minimum Gasteiger partial charge on any atom is -0.453 e. The van der Waals surface area contributed by atoms with Crippen molar-refractivity contribution in [3.8, 4) is 0 Å². The molecule has 1 aromatic heterocycles. The number of hydrogen-bond acceptors (Lipinski definition) is 6. The minimum atomic E-state index is -2.91. The Morgan fingerprint density at radius 2 is 2.26 bits per heavy atom. The van der Waals surface area contributed by atoms with E-state index in [-0.39, 0.29) is 17.5 Å². The van der Waals surface area contributed by atoms with Crippen molar-refractivity contribution < 1.29 is 17.9 Å². The predicted octanol–water partition coefficient (Wildman–Crippen LogP) is 0.859. The van der Waals surface area contributed by atoms with Gasteiger partial charge < -0.3 is 10.1 Å². The van der Waals surface area contributed by atoms with Gasteiger partial charge in [0.1, 0.15) is 5.82 Å². The molecule has 1 atom stereocenters. The lowest BCUT2D eigenvalue weighted by atomic mass is 10.2. The number of sulfone groups is 1. The number of carbonyl (C=O) groups excluding carboxylic acids is 1. The number of rotatable bonds is 3. The van der Waals surface area contributed by atoms with Crippen molar-refractivity contribution in [2.75, 3.05) is 29.2 Å². The number of aromatic nitrogens is 1. The van der Waals surface area contributed by atoms with E-state index in [1.54, 1.807) is 12.1 Å². The van der Waals surface area contributed by atoms with E-state index in [2.05, 4.69) is 20.4 Å². The normalized spacial score (nSPS) is 20.8. The van der Waals surface area contributed by atoms with Gasteiger partial charge in [0, 0.05) is 6.04 Å². The number of hydrogen-bond donors (Lipinski definition) is 2. The average molecular weight is 285 g/mol. The highest BCUT2D eigenvalue weighted by atomic mass is 32.2. The van der Waals surface area contributed by atoms with Crippen molar-refractivity contribution in [2.45, 2.75) is 12.5 Å². The fourth-order valence-corrected chi connectivity index (χ4v) is 3.51. The first-order valence-electron chi connectivity index (χ1n) is 5.76. The molecular weight excluding hydrogens is 270 g/mol. The Morgan fingerprint density at radius 3 is 2.79 bits per heavy atom. The third-order valence-electron chi connectivity index (χ3n) is 2.78. The van der Waals surface area contributed by atoms with Crippen LogP contribution in [-0.2, 0) is 14.6 Å². The SMILES string of the molecule is COC(=O)Nc1ccc(NC2CCS(=O)(=O)C2)nc1. The number of pyridine rings is 1. The maximum Gasteiger partial charge on any atom is 0.411 e. The molecule has 0 bridgehead atoms. The van der Waals surface area contributed by atoms with E-state index in [1.807, 2.05) is 0 Å². The van der Waals surface area contributed by atoms with Crippen molar-refractivity contribution in [1.82, 2.24) is 4.98 Å². The van der Waals surface area contributed by atoms with Crippen LogP contribution in [-0.4, -0.2) is 44.2 Å². The number of ether oxygens (including phenoxy) is 1. The number of anilines is 2. The second kappa shape index (κ2) is 5.43. The summed E-state index contributed by atoms with van der Waals surface area (Å²) in [4.78, 5) is 15.1. The van der Waals surface area contributed by atoms with Crippen molar-refractivity contribution in [3.63, 3.8) is 0 Å². The molecule has 1 aliphatic heterocycles. The van der Waals surface area contributed by atoms with Crippen LogP contribution in [0.2, 0.25) is 0 Å². The highest BCUT2D eigenvalue weighted by Crippen LogP contribution is 2.17. The molecule has 1 amide bonds. The van der Waals surface area contributed by atoms with Crippen LogP contribution in [0.5, 0.6) is 0 Å². The molecule has 0 aliphatic carbocycles. The van der Waals surface area contributed by atoms with Crippen LogP contribution in [0.1, 0.15) is 6.42 Å². The van der Waals surface area contributed by atoms with Gasteiger partial charge in [-0.05, 0) is 18.6 Å². The van der Waals surface area contributed by atoms with Gasteiger partial charge in [-0.1, -0.05) is 0 Å². The van der Waals surface area contributed by atoms with Gasteiger partial charge in [0.05, 0.1) is 30.5 Å². The number of carbonyl (C=O) groups is 1. The highest BCUT2D eigenvalue weighted by molar-refractivity contribution is 7.91. The zero-order valence-electron chi connectivity index (χ0n) is 10.4. The molecule has 8 heteroatoms. The lowest BCUT2D eigenvalue weighted by Gasteiger charge is -2.11. The molecule has 19 heavy (non-hydrogen) atoms. The Labute approximate surface area is 111 Å². The van der Waals surface area contributed by atoms with Crippen LogP contribution < -0.4 is 10.6 Å². The van der Waals surface area contributed by atoms with Crippen molar-refractivity contribution in [2.24, 2.45) is 0 Å². The van der Waals surface area contributed by atoms with Gasteiger partial charge in [0.15, 0.2) is 9.84 Å². The summed E-state index contributed by atoms with van der Waals surface area (Å²) in [5, 5.41) is 5.53. The van der Waals surface area contributed by atoms with Crippen LogP contribution in [0, 0.1) is 0 Å². The number of nitrogens with zero attached hydrogens (tertiary/aromatic N) is 1. The molecular formula is C11H15N3O4S. The smallest absolute Gasteiger partial charge is 0.411 e. The van der Waals surface area contributed by atoms with Gasteiger partial charge >= 0.3 is 6.09 Å². The number of amides is 1. The molecule has 0 spiro atoms. The Kier molecular flexibility index (Phi) is 3.89. The van der Waals surface area contributed by atoms with Crippen LogP contribution in [0.3, 0.4) is 0 Å². The summed E-state index contributed by atoms with van der Waals surface area (Å²) in [6.07, 6.45) is 1.50. The molecule has 1 aliphatic rings. The van der Waals surface area contributed by atoms with Gasteiger partial charge in [0.25, 0.3) is 0 Å². The van der Waals surface area contributed by atoms with E-state index in [4.69, 9.17) is 0 Å². The first-order valence-corrected chi connectivity index (χ1v) is 7.58. The summed E-state index contributed by atoms with van der Waals surface area (Å²) in [7, 11) is -1.63. The van der Waals surface area contributed by atoms with Crippen molar-refractivity contribution >= 4 is 27.4 Å². The summed E-state index contributed by atoms with van der Waals surface area (Å²) in [5.41, 5.74) is 0.511.